The number of aliphatic hydroxyl groups excluding tert-OH is 2. The molecule has 3 aromatic rings. The second-order valence-electron chi connectivity index (χ2n) is 6.30. The number of carboxylic acids is 1. The lowest BCUT2D eigenvalue weighted by molar-refractivity contribution is -0.139. The van der Waals surface area contributed by atoms with E-state index in [1.165, 1.54) is 30.3 Å². The lowest BCUT2D eigenvalue weighted by Gasteiger charge is -2.12. The molecule has 1 unspecified atom stereocenters. The molecule has 10 nitrogen and oxygen atoms in total. The summed E-state index contributed by atoms with van der Waals surface area (Å²) in [4.78, 5) is 23.2. The van der Waals surface area contributed by atoms with Crippen molar-refractivity contribution in [2.75, 3.05) is 19.8 Å². The standard InChI is InChI=1S/C20H18O10/c21-7-11(22)8-28-12-4-14(24)20-15(25)6-16(30-18(20)5-12)10-1-2-13(23)17(3-10)29-9-19(26)27/h1-6,11,21-24H,7-9H2,(H,26,27). The van der Waals surface area contributed by atoms with E-state index in [2.05, 4.69) is 0 Å². The van der Waals surface area contributed by atoms with E-state index in [9.17, 15) is 24.9 Å². The molecule has 0 saturated carbocycles. The molecular formula is C20H18O10. The van der Waals surface area contributed by atoms with Gasteiger partial charge in [0.25, 0.3) is 0 Å². The van der Waals surface area contributed by atoms with Crippen LogP contribution in [0.15, 0.2) is 45.6 Å². The Hall–Kier alpha value is -3.76. The van der Waals surface area contributed by atoms with Crippen LogP contribution in [0.1, 0.15) is 0 Å². The van der Waals surface area contributed by atoms with Crippen molar-refractivity contribution in [2.45, 2.75) is 6.10 Å². The van der Waals surface area contributed by atoms with E-state index in [-0.39, 0.29) is 40.6 Å². The maximum atomic E-state index is 12.5. The second-order valence-corrected chi connectivity index (χ2v) is 6.30. The first-order chi connectivity index (χ1) is 14.3. The molecule has 0 fully saturated rings. The third-order valence-corrected chi connectivity index (χ3v) is 4.03. The molecule has 1 aromatic heterocycles. The summed E-state index contributed by atoms with van der Waals surface area (Å²) in [7, 11) is 0. The predicted molar refractivity (Wildman–Crippen MR) is 103 cm³/mol. The number of rotatable bonds is 8. The molecule has 1 atom stereocenters. The Bertz CT molecular complexity index is 1130. The Morgan fingerprint density at radius 3 is 2.53 bits per heavy atom. The summed E-state index contributed by atoms with van der Waals surface area (Å²) in [6, 6.07) is 7.65. The molecule has 2 aromatic carbocycles. The lowest BCUT2D eigenvalue weighted by atomic mass is 10.1. The summed E-state index contributed by atoms with van der Waals surface area (Å²) < 4.78 is 16.0. The van der Waals surface area contributed by atoms with Gasteiger partial charge in [0.2, 0.25) is 0 Å². The molecule has 0 aliphatic rings. The highest BCUT2D eigenvalue weighted by Gasteiger charge is 2.15. The van der Waals surface area contributed by atoms with E-state index < -0.39 is 36.5 Å². The SMILES string of the molecule is O=C(O)COc1cc(-c2cc(=O)c3c(O)cc(OCC(O)CO)cc3o2)ccc1O. The van der Waals surface area contributed by atoms with Gasteiger partial charge in [-0.05, 0) is 18.2 Å². The van der Waals surface area contributed by atoms with E-state index in [0.29, 0.717) is 5.56 Å². The minimum atomic E-state index is -1.23. The molecular weight excluding hydrogens is 400 g/mol. The van der Waals surface area contributed by atoms with Gasteiger partial charge in [0.15, 0.2) is 23.5 Å². The van der Waals surface area contributed by atoms with Gasteiger partial charge >= 0.3 is 5.97 Å². The molecule has 158 valence electrons. The summed E-state index contributed by atoms with van der Waals surface area (Å²) >= 11 is 0. The fraction of sp³-hybridized carbons (Fsp3) is 0.200. The van der Waals surface area contributed by atoms with Crippen molar-refractivity contribution in [1.29, 1.82) is 0 Å². The lowest BCUT2D eigenvalue weighted by Crippen LogP contribution is -2.21. The van der Waals surface area contributed by atoms with E-state index in [0.717, 1.165) is 6.07 Å². The van der Waals surface area contributed by atoms with Crippen LogP contribution in [0.25, 0.3) is 22.3 Å². The van der Waals surface area contributed by atoms with Crippen molar-refractivity contribution in [3.8, 4) is 34.3 Å². The summed E-state index contributed by atoms with van der Waals surface area (Å²) in [6.07, 6.45) is -1.12. The predicted octanol–water partition coefficient (Wildman–Crippen LogP) is 1.07. The summed E-state index contributed by atoms with van der Waals surface area (Å²) in [6.45, 7) is -1.42. The van der Waals surface area contributed by atoms with Crippen LogP contribution < -0.4 is 14.9 Å². The Morgan fingerprint density at radius 1 is 1.07 bits per heavy atom. The third-order valence-electron chi connectivity index (χ3n) is 4.03. The Kier molecular flexibility index (Phi) is 6.09. The summed E-state index contributed by atoms with van der Waals surface area (Å²) in [5, 5.41) is 46.8. The van der Waals surface area contributed by atoms with Crippen molar-refractivity contribution in [1.82, 2.24) is 0 Å². The zero-order valence-electron chi connectivity index (χ0n) is 15.4. The van der Waals surface area contributed by atoms with E-state index in [4.69, 9.17) is 24.1 Å². The van der Waals surface area contributed by atoms with Gasteiger partial charge in [-0.25, -0.2) is 4.79 Å². The number of fused-ring (bicyclic) bond motifs is 1. The summed E-state index contributed by atoms with van der Waals surface area (Å²) in [5.74, 6) is -1.86. The smallest absolute Gasteiger partial charge is 0.341 e. The van der Waals surface area contributed by atoms with Gasteiger partial charge in [-0.3, -0.25) is 4.79 Å². The van der Waals surface area contributed by atoms with Crippen LogP contribution in [0.4, 0.5) is 0 Å². The molecule has 3 rings (SSSR count). The second kappa shape index (κ2) is 8.72. The first-order valence-corrected chi connectivity index (χ1v) is 8.69. The van der Waals surface area contributed by atoms with Crippen LogP contribution in [0.2, 0.25) is 0 Å². The number of phenolic OH excluding ortho intramolecular Hbond substituents is 2. The molecule has 10 heteroatoms. The first kappa shape index (κ1) is 21.0. The Balaban J connectivity index is 2.02. The molecule has 30 heavy (non-hydrogen) atoms. The van der Waals surface area contributed by atoms with Crippen LogP contribution in [-0.2, 0) is 4.79 Å². The van der Waals surface area contributed by atoms with Gasteiger partial charge in [0.05, 0.1) is 6.61 Å². The van der Waals surface area contributed by atoms with Gasteiger partial charge in [-0.1, -0.05) is 0 Å². The Labute approximate surface area is 168 Å². The minimum absolute atomic E-state index is 0.00734. The first-order valence-electron chi connectivity index (χ1n) is 8.69. The molecule has 0 aliphatic heterocycles. The topological polar surface area (TPSA) is 167 Å². The molecule has 1 heterocycles. The fourth-order valence-corrected chi connectivity index (χ4v) is 2.64. The number of aliphatic carboxylic acids is 1. The largest absolute Gasteiger partial charge is 0.507 e. The van der Waals surface area contributed by atoms with Crippen molar-refractivity contribution >= 4 is 16.9 Å². The molecule has 0 radical (unpaired) electrons. The molecule has 0 spiro atoms. The zero-order valence-corrected chi connectivity index (χ0v) is 15.4. The molecule has 5 N–H and O–H groups in total. The fourth-order valence-electron chi connectivity index (χ4n) is 2.64. The molecule has 0 saturated heterocycles. The Morgan fingerprint density at radius 2 is 1.83 bits per heavy atom. The normalized spacial score (nSPS) is 11.9. The van der Waals surface area contributed by atoms with Gasteiger partial charge in [0, 0.05) is 23.8 Å². The number of hydrogen-bond donors (Lipinski definition) is 5. The highest BCUT2D eigenvalue weighted by molar-refractivity contribution is 5.86. The average Bonchev–Trinajstić information content (AvgIpc) is 2.70. The number of benzene rings is 2. The number of ether oxygens (including phenoxy) is 2. The maximum absolute atomic E-state index is 12.5. The average molecular weight is 418 g/mol. The maximum Gasteiger partial charge on any atom is 0.341 e. The van der Waals surface area contributed by atoms with Gasteiger partial charge < -0.3 is 39.4 Å². The third kappa shape index (κ3) is 4.62. The number of phenols is 2. The highest BCUT2D eigenvalue weighted by atomic mass is 16.5. The number of carboxylic acid groups (broad SMARTS) is 1. The number of hydrogen-bond acceptors (Lipinski definition) is 9. The van der Waals surface area contributed by atoms with Crippen molar-refractivity contribution in [3.05, 3.63) is 46.6 Å². The van der Waals surface area contributed by atoms with Crippen molar-refractivity contribution < 1.29 is 44.2 Å². The molecule has 0 aliphatic carbocycles. The van der Waals surface area contributed by atoms with Gasteiger partial charge in [-0.15, -0.1) is 0 Å². The molecule has 0 bridgehead atoms. The van der Waals surface area contributed by atoms with Crippen LogP contribution >= 0.6 is 0 Å². The van der Waals surface area contributed by atoms with Crippen molar-refractivity contribution in [3.63, 3.8) is 0 Å². The number of aromatic hydroxyl groups is 2. The van der Waals surface area contributed by atoms with Crippen LogP contribution in [0.5, 0.6) is 23.0 Å². The minimum Gasteiger partial charge on any atom is -0.507 e. The summed E-state index contributed by atoms with van der Waals surface area (Å²) in [5.41, 5.74) is -0.243. The highest BCUT2D eigenvalue weighted by Crippen LogP contribution is 2.34. The zero-order chi connectivity index (χ0) is 21.8. The van der Waals surface area contributed by atoms with Gasteiger partial charge in [0.1, 0.15) is 40.9 Å². The number of aliphatic hydroxyl groups is 2. The van der Waals surface area contributed by atoms with E-state index in [1.54, 1.807) is 0 Å². The quantitative estimate of drug-likeness (QED) is 0.357. The van der Waals surface area contributed by atoms with Crippen LogP contribution in [0.3, 0.4) is 0 Å². The van der Waals surface area contributed by atoms with Crippen LogP contribution in [-0.4, -0.2) is 57.4 Å². The van der Waals surface area contributed by atoms with Crippen LogP contribution in [0, 0.1) is 0 Å². The monoisotopic (exact) mass is 418 g/mol. The molecule has 0 amide bonds. The van der Waals surface area contributed by atoms with Gasteiger partial charge in [-0.2, -0.15) is 0 Å². The number of carbonyl (C=O) groups is 1. The van der Waals surface area contributed by atoms with E-state index >= 15 is 0 Å². The van der Waals surface area contributed by atoms with E-state index in [1.807, 2.05) is 0 Å². The van der Waals surface area contributed by atoms with Crippen molar-refractivity contribution in [2.24, 2.45) is 0 Å².